The van der Waals surface area contributed by atoms with E-state index >= 15 is 0 Å². The van der Waals surface area contributed by atoms with Crippen LogP contribution < -0.4 is 10.1 Å². The van der Waals surface area contributed by atoms with Crippen LogP contribution in [0.1, 0.15) is 38.7 Å². The van der Waals surface area contributed by atoms with E-state index in [1.807, 2.05) is 6.07 Å². The summed E-state index contributed by atoms with van der Waals surface area (Å²) in [7, 11) is 0. The summed E-state index contributed by atoms with van der Waals surface area (Å²) in [5, 5.41) is 3.57. The van der Waals surface area contributed by atoms with Crippen LogP contribution in [0, 0.1) is 0 Å². The fourth-order valence-electron chi connectivity index (χ4n) is 2.33. The standard InChI is InChI=1S/C16H25NO2/c1-3-8-19-15-7-5-6-13(9-15)12-17-14-10-16(11-14)18-4-2/h5-7,9,14,16-17H,3-4,8,10-12H2,1-2H3. The van der Waals surface area contributed by atoms with Gasteiger partial charge in [0.05, 0.1) is 12.7 Å². The lowest BCUT2D eigenvalue weighted by Crippen LogP contribution is -2.45. The highest BCUT2D eigenvalue weighted by Crippen LogP contribution is 2.23. The van der Waals surface area contributed by atoms with Crippen molar-refractivity contribution in [3.8, 4) is 5.75 Å². The highest BCUT2D eigenvalue weighted by molar-refractivity contribution is 5.28. The zero-order valence-corrected chi connectivity index (χ0v) is 12.0. The van der Waals surface area contributed by atoms with Gasteiger partial charge in [0.15, 0.2) is 0 Å². The van der Waals surface area contributed by atoms with E-state index in [1.54, 1.807) is 0 Å². The van der Waals surface area contributed by atoms with Gasteiger partial charge >= 0.3 is 0 Å². The Balaban J connectivity index is 1.71. The van der Waals surface area contributed by atoms with Crippen molar-refractivity contribution in [2.75, 3.05) is 13.2 Å². The van der Waals surface area contributed by atoms with Crippen LogP contribution >= 0.6 is 0 Å². The fraction of sp³-hybridized carbons (Fsp3) is 0.625. The molecule has 19 heavy (non-hydrogen) atoms. The van der Waals surface area contributed by atoms with E-state index in [0.717, 1.165) is 44.8 Å². The Hall–Kier alpha value is -1.06. The van der Waals surface area contributed by atoms with Crippen LogP contribution in [0.3, 0.4) is 0 Å². The van der Waals surface area contributed by atoms with Crippen LogP contribution in [0.2, 0.25) is 0 Å². The first kappa shape index (κ1) is 14.4. The van der Waals surface area contributed by atoms with Gasteiger partial charge in [-0.1, -0.05) is 19.1 Å². The Morgan fingerprint density at radius 1 is 1.26 bits per heavy atom. The summed E-state index contributed by atoms with van der Waals surface area (Å²) in [6.07, 6.45) is 3.80. The highest BCUT2D eigenvalue weighted by Gasteiger charge is 2.28. The van der Waals surface area contributed by atoms with Crippen molar-refractivity contribution in [2.45, 2.75) is 51.8 Å². The third-order valence-electron chi connectivity index (χ3n) is 3.46. The van der Waals surface area contributed by atoms with Crippen molar-refractivity contribution >= 4 is 0 Å². The molecule has 0 amide bonds. The predicted molar refractivity (Wildman–Crippen MR) is 77.5 cm³/mol. The van der Waals surface area contributed by atoms with Crippen molar-refractivity contribution in [3.63, 3.8) is 0 Å². The van der Waals surface area contributed by atoms with Gasteiger partial charge in [-0.25, -0.2) is 0 Å². The second kappa shape index (κ2) is 7.51. The van der Waals surface area contributed by atoms with E-state index in [4.69, 9.17) is 9.47 Å². The predicted octanol–water partition coefficient (Wildman–Crippen LogP) is 3.13. The third kappa shape index (κ3) is 4.51. The lowest BCUT2D eigenvalue weighted by Gasteiger charge is -2.35. The Morgan fingerprint density at radius 2 is 2.11 bits per heavy atom. The van der Waals surface area contributed by atoms with E-state index in [9.17, 15) is 0 Å². The van der Waals surface area contributed by atoms with Crippen molar-refractivity contribution < 1.29 is 9.47 Å². The molecule has 0 aromatic heterocycles. The first-order valence-corrected chi connectivity index (χ1v) is 7.38. The summed E-state index contributed by atoms with van der Waals surface area (Å²) < 4.78 is 11.2. The molecule has 0 bridgehead atoms. The van der Waals surface area contributed by atoms with E-state index < -0.39 is 0 Å². The number of ether oxygens (including phenoxy) is 2. The van der Waals surface area contributed by atoms with Gasteiger partial charge in [-0.05, 0) is 43.9 Å². The smallest absolute Gasteiger partial charge is 0.119 e. The van der Waals surface area contributed by atoms with Crippen molar-refractivity contribution in [1.82, 2.24) is 5.32 Å². The Morgan fingerprint density at radius 3 is 2.84 bits per heavy atom. The van der Waals surface area contributed by atoms with Crippen LogP contribution in [0.4, 0.5) is 0 Å². The molecule has 1 saturated carbocycles. The molecule has 1 aromatic rings. The molecule has 3 heteroatoms. The first-order chi connectivity index (χ1) is 9.31. The van der Waals surface area contributed by atoms with Gasteiger partial charge in [-0.2, -0.15) is 0 Å². The average Bonchev–Trinajstić information content (AvgIpc) is 2.39. The minimum Gasteiger partial charge on any atom is -0.494 e. The molecule has 0 spiro atoms. The van der Waals surface area contributed by atoms with Crippen LogP contribution in [0.25, 0.3) is 0 Å². The second-order valence-electron chi connectivity index (χ2n) is 5.12. The maximum absolute atomic E-state index is 5.64. The van der Waals surface area contributed by atoms with E-state index in [0.29, 0.717) is 12.1 Å². The second-order valence-corrected chi connectivity index (χ2v) is 5.12. The zero-order chi connectivity index (χ0) is 13.5. The molecule has 0 atom stereocenters. The molecule has 0 unspecified atom stereocenters. The van der Waals surface area contributed by atoms with Crippen LogP contribution in [0.5, 0.6) is 5.75 Å². The van der Waals surface area contributed by atoms with Gasteiger partial charge in [-0.15, -0.1) is 0 Å². The Labute approximate surface area is 116 Å². The summed E-state index contributed by atoms with van der Waals surface area (Å²) in [5.74, 6) is 0.974. The van der Waals surface area contributed by atoms with Crippen molar-refractivity contribution in [1.29, 1.82) is 0 Å². The minimum atomic E-state index is 0.474. The van der Waals surface area contributed by atoms with E-state index in [1.165, 1.54) is 5.56 Å². The maximum atomic E-state index is 5.64. The van der Waals surface area contributed by atoms with Gasteiger partial charge in [0.25, 0.3) is 0 Å². The Kier molecular flexibility index (Phi) is 5.67. The third-order valence-corrected chi connectivity index (χ3v) is 3.46. The molecule has 2 rings (SSSR count). The molecule has 3 nitrogen and oxygen atoms in total. The molecular weight excluding hydrogens is 238 g/mol. The highest BCUT2D eigenvalue weighted by atomic mass is 16.5. The van der Waals surface area contributed by atoms with Crippen molar-refractivity contribution in [2.24, 2.45) is 0 Å². The molecule has 1 N–H and O–H groups in total. The molecule has 1 aliphatic carbocycles. The molecule has 0 aliphatic heterocycles. The van der Waals surface area contributed by atoms with Crippen molar-refractivity contribution in [3.05, 3.63) is 29.8 Å². The maximum Gasteiger partial charge on any atom is 0.119 e. The lowest BCUT2D eigenvalue weighted by molar-refractivity contribution is -0.0102. The number of nitrogens with one attached hydrogen (secondary N) is 1. The molecule has 106 valence electrons. The lowest BCUT2D eigenvalue weighted by atomic mass is 9.89. The van der Waals surface area contributed by atoms with Gasteiger partial charge < -0.3 is 14.8 Å². The van der Waals surface area contributed by atoms with Gasteiger partial charge in [0.1, 0.15) is 5.75 Å². The molecule has 1 fully saturated rings. The van der Waals surface area contributed by atoms with Gasteiger partial charge in [0, 0.05) is 19.2 Å². The summed E-state index contributed by atoms with van der Waals surface area (Å²) in [5.41, 5.74) is 1.29. The topological polar surface area (TPSA) is 30.5 Å². The first-order valence-electron chi connectivity index (χ1n) is 7.38. The number of hydrogen-bond acceptors (Lipinski definition) is 3. The molecule has 0 radical (unpaired) electrons. The zero-order valence-electron chi connectivity index (χ0n) is 12.0. The van der Waals surface area contributed by atoms with Crippen LogP contribution in [0.15, 0.2) is 24.3 Å². The molecule has 1 aliphatic rings. The summed E-state index contributed by atoms with van der Waals surface area (Å²) in [6.45, 7) is 6.70. The molecule has 0 heterocycles. The Bertz CT molecular complexity index is 375. The number of benzene rings is 1. The van der Waals surface area contributed by atoms with Crippen LogP contribution in [-0.4, -0.2) is 25.4 Å². The summed E-state index contributed by atoms with van der Waals surface area (Å²) in [4.78, 5) is 0. The SMILES string of the molecule is CCCOc1cccc(CNC2CC(OCC)C2)c1. The quantitative estimate of drug-likeness (QED) is 0.781. The molecule has 1 aromatic carbocycles. The van der Waals surface area contributed by atoms with Gasteiger partial charge in [0.2, 0.25) is 0 Å². The fourth-order valence-corrected chi connectivity index (χ4v) is 2.33. The summed E-state index contributed by atoms with van der Waals surface area (Å²) >= 11 is 0. The van der Waals surface area contributed by atoms with E-state index in [-0.39, 0.29) is 0 Å². The monoisotopic (exact) mass is 263 g/mol. The minimum absolute atomic E-state index is 0.474. The number of hydrogen-bond donors (Lipinski definition) is 1. The normalized spacial score (nSPS) is 22.0. The average molecular weight is 263 g/mol. The van der Waals surface area contributed by atoms with Crippen LogP contribution in [-0.2, 0) is 11.3 Å². The summed E-state index contributed by atoms with van der Waals surface area (Å²) in [6, 6.07) is 8.96. The van der Waals surface area contributed by atoms with Gasteiger partial charge in [-0.3, -0.25) is 0 Å². The molecule has 0 saturated heterocycles. The largest absolute Gasteiger partial charge is 0.494 e. The van der Waals surface area contributed by atoms with E-state index in [2.05, 4.69) is 37.4 Å². The molecular formula is C16H25NO2. The number of rotatable bonds is 8.